The number of ether oxygens (including phenoxy) is 1. The lowest BCUT2D eigenvalue weighted by atomic mass is 10.2. The lowest BCUT2D eigenvalue weighted by Gasteiger charge is -2.22. The minimum atomic E-state index is -4.46. The second-order valence-electron chi connectivity index (χ2n) is 7.72. The number of sulfonamides is 1. The molecule has 180 valence electrons. The summed E-state index contributed by atoms with van der Waals surface area (Å²) in [5.74, 6) is -0.0209. The van der Waals surface area contributed by atoms with Crippen LogP contribution in [0.25, 0.3) is 0 Å². The van der Waals surface area contributed by atoms with Gasteiger partial charge in [0.25, 0.3) is 0 Å². The van der Waals surface area contributed by atoms with E-state index >= 15 is 0 Å². The Hall–Kier alpha value is -3.31. The molecule has 0 bridgehead atoms. The molecule has 2 aromatic carbocycles. The van der Waals surface area contributed by atoms with Crippen molar-refractivity contribution in [3.8, 4) is 11.5 Å². The summed E-state index contributed by atoms with van der Waals surface area (Å²) in [6.07, 6.45) is -1.10. The average Bonchev–Trinajstić information content (AvgIpc) is 3.51. The third-order valence-electron chi connectivity index (χ3n) is 5.40. The van der Waals surface area contributed by atoms with E-state index in [0.717, 1.165) is 18.4 Å². The summed E-state index contributed by atoms with van der Waals surface area (Å²) in [7, 11) is -3.83. The van der Waals surface area contributed by atoms with Gasteiger partial charge < -0.3 is 14.5 Å². The number of amides is 1. The SMILES string of the molecule is O=C(NCc1ccc(Oc2cccc(C(F)(F)F)c2)cc1)[C@@H]1CCCN1S(=O)(=O)c1ccoc1. The number of benzene rings is 2. The third-order valence-corrected chi connectivity index (χ3v) is 7.28. The molecule has 1 N–H and O–H groups in total. The number of carbonyl (C=O) groups excluding carboxylic acids is 1. The Morgan fingerprint density at radius 1 is 1.12 bits per heavy atom. The number of hydrogen-bond donors (Lipinski definition) is 1. The molecule has 4 rings (SSSR count). The van der Waals surface area contributed by atoms with Crippen LogP contribution in [0.4, 0.5) is 13.2 Å². The van der Waals surface area contributed by atoms with E-state index in [1.54, 1.807) is 24.3 Å². The highest BCUT2D eigenvalue weighted by Crippen LogP contribution is 2.33. The molecule has 1 aliphatic rings. The summed E-state index contributed by atoms with van der Waals surface area (Å²) < 4.78 is 75.6. The van der Waals surface area contributed by atoms with Crippen LogP contribution in [-0.4, -0.2) is 31.2 Å². The molecule has 7 nitrogen and oxygen atoms in total. The molecule has 1 fully saturated rings. The second kappa shape index (κ2) is 9.51. The van der Waals surface area contributed by atoms with Crippen LogP contribution in [0.3, 0.4) is 0 Å². The highest BCUT2D eigenvalue weighted by molar-refractivity contribution is 7.89. The Morgan fingerprint density at radius 2 is 1.88 bits per heavy atom. The Labute approximate surface area is 194 Å². The molecular formula is C23H21F3N2O5S. The van der Waals surface area contributed by atoms with Gasteiger partial charge in [-0.05, 0) is 54.8 Å². The fraction of sp³-hybridized carbons (Fsp3) is 0.261. The molecular weight excluding hydrogens is 473 g/mol. The van der Waals surface area contributed by atoms with Crippen LogP contribution < -0.4 is 10.1 Å². The van der Waals surface area contributed by atoms with E-state index in [2.05, 4.69) is 5.32 Å². The van der Waals surface area contributed by atoms with Gasteiger partial charge in [-0.15, -0.1) is 0 Å². The summed E-state index contributed by atoms with van der Waals surface area (Å²) in [5, 5.41) is 2.75. The number of rotatable bonds is 7. The van der Waals surface area contributed by atoms with Crippen LogP contribution in [0.2, 0.25) is 0 Å². The molecule has 0 unspecified atom stereocenters. The van der Waals surface area contributed by atoms with Gasteiger partial charge in [-0.25, -0.2) is 8.42 Å². The van der Waals surface area contributed by atoms with E-state index in [4.69, 9.17) is 9.15 Å². The fourth-order valence-electron chi connectivity index (χ4n) is 3.68. The van der Waals surface area contributed by atoms with Gasteiger partial charge >= 0.3 is 6.18 Å². The molecule has 1 atom stereocenters. The molecule has 0 radical (unpaired) electrons. The van der Waals surface area contributed by atoms with Crippen LogP contribution >= 0.6 is 0 Å². The zero-order valence-electron chi connectivity index (χ0n) is 17.8. The van der Waals surface area contributed by atoms with Crippen molar-refractivity contribution in [1.29, 1.82) is 0 Å². The van der Waals surface area contributed by atoms with Crippen molar-refractivity contribution in [2.45, 2.75) is 36.5 Å². The number of hydrogen-bond acceptors (Lipinski definition) is 5. The summed E-state index contributed by atoms with van der Waals surface area (Å²) >= 11 is 0. The van der Waals surface area contributed by atoms with Crippen molar-refractivity contribution >= 4 is 15.9 Å². The maximum Gasteiger partial charge on any atom is 0.416 e. The lowest BCUT2D eigenvalue weighted by molar-refractivity contribution is -0.137. The summed E-state index contributed by atoms with van der Waals surface area (Å²) in [5.41, 5.74) is -0.0907. The van der Waals surface area contributed by atoms with Gasteiger partial charge in [0.1, 0.15) is 28.7 Å². The maximum atomic E-state index is 12.9. The first-order valence-corrected chi connectivity index (χ1v) is 11.8. The normalized spacial score (nSPS) is 17.0. The predicted molar refractivity (Wildman–Crippen MR) is 115 cm³/mol. The number of furan rings is 1. The Morgan fingerprint density at radius 3 is 2.56 bits per heavy atom. The number of halogens is 3. The molecule has 0 spiro atoms. The number of nitrogens with one attached hydrogen (secondary N) is 1. The zero-order chi connectivity index (χ0) is 24.3. The predicted octanol–water partition coefficient (Wildman–Crippen LogP) is 4.56. The van der Waals surface area contributed by atoms with Crippen LogP contribution in [0.1, 0.15) is 24.0 Å². The molecule has 11 heteroatoms. The average molecular weight is 494 g/mol. The first-order valence-electron chi connectivity index (χ1n) is 10.4. The van der Waals surface area contributed by atoms with Gasteiger partial charge in [0.05, 0.1) is 11.8 Å². The van der Waals surface area contributed by atoms with Crippen molar-refractivity contribution in [2.24, 2.45) is 0 Å². The van der Waals surface area contributed by atoms with Gasteiger partial charge in [0.2, 0.25) is 15.9 Å². The maximum absolute atomic E-state index is 12.9. The van der Waals surface area contributed by atoms with Gasteiger partial charge in [-0.1, -0.05) is 18.2 Å². The fourth-order valence-corrected chi connectivity index (χ4v) is 5.26. The quantitative estimate of drug-likeness (QED) is 0.520. The van der Waals surface area contributed by atoms with E-state index < -0.39 is 33.7 Å². The summed E-state index contributed by atoms with van der Waals surface area (Å²) in [4.78, 5) is 12.7. The van der Waals surface area contributed by atoms with Crippen molar-refractivity contribution in [3.63, 3.8) is 0 Å². The standard InChI is InChI=1S/C23H21F3N2O5S/c24-23(25,26)17-3-1-4-19(13-17)33-18-8-6-16(7-9-18)14-27-22(29)21-5-2-11-28(21)34(30,31)20-10-12-32-15-20/h1,3-4,6-10,12-13,15,21H,2,5,11,14H2,(H,27,29)/t21-/m0/s1. The smallest absolute Gasteiger partial charge is 0.416 e. The van der Waals surface area contributed by atoms with Gasteiger partial charge in [0, 0.05) is 13.1 Å². The largest absolute Gasteiger partial charge is 0.471 e. The highest BCUT2D eigenvalue weighted by atomic mass is 32.2. The Bertz CT molecular complexity index is 1240. The number of carbonyl (C=O) groups is 1. The number of nitrogens with zero attached hydrogens (tertiary/aromatic N) is 1. The van der Waals surface area contributed by atoms with Crippen LogP contribution in [0.15, 0.2) is 76.4 Å². The minimum absolute atomic E-state index is 0.00330. The molecule has 1 saturated heterocycles. The van der Waals surface area contributed by atoms with Gasteiger partial charge in [-0.2, -0.15) is 17.5 Å². The zero-order valence-corrected chi connectivity index (χ0v) is 18.6. The van der Waals surface area contributed by atoms with Crippen LogP contribution in [0.5, 0.6) is 11.5 Å². The second-order valence-corrected chi connectivity index (χ2v) is 9.61. The van der Waals surface area contributed by atoms with Gasteiger partial charge in [-0.3, -0.25) is 4.79 Å². The minimum Gasteiger partial charge on any atom is -0.471 e. The molecule has 2 heterocycles. The van der Waals surface area contributed by atoms with Crippen LogP contribution in [-0.2, 0) is 27.5 Å². The molecule has 34 heavy (non-hydrogen) atoms. The molecule has 1 aromatic heterocycles. The molecule has 1 amide bonds. The summed E-state index contributed by atoms with van der Waals surface area (Å²) in [6, 6.07) is 11.6. The first kappa shape index (κ1) is 23.8. The van der Waals surface area contributed by atoms with E-state index in [1.165, 1.54) is 28.8 Å². The Balaban J connectivity index is 1.36. The van der Waals surface area contributed by atoms with Crippen molar-refractivity contribution in [3.05, 3.63) is 78.3 Å². The van der Waals surface area contributed by atoms with E-state index in [9.17, 15) is 26.4 Å². The third kappa shape index (κ3) is 5.26. The molecule has 0 saturated carbocycles. The molecule has 0 aliphatic carbocycles. The monoisotopic (exact) mass is 494 g/mol. The van der Waals surface area contributed by atoms with Gasteiger partial charge in [0.15, 0.2) is 0 Å². The summed E-state index contributed by atoms with van der Waals surface area (Å²) in [6.45, 7) is 0.395. The molecule has 3 aromatic rings. The Kier molecular flexibility index (Phi) is 6.67. The first-order chi connectivity index (χ1) is 16.1. The van der Waals surface area contributed by atoms with Crippen molar-refractivity contribution < 1.29 is 35.5 Å². The number of alkyl halides is 3. The van der Waals surface area contributed by atoms with E-state index in [0.29, 0.717) is 24.2 Å². The topological polar surface area (TPSA) is 88.9 Å². The highest BCUT2D eigenvalue weighted by Gasteiger charge is 2.39. The van der Waals surface area contributed by atoms with Crippen molar-refractivity contribution in [2.75, 3.05) is 6.54 Å². The lowest BCUT2D eigenvalue weighted by Crippen LogP contribution is -2.45. The van der Waals surface area contributed by atoms with E-state index in [-0.39, 0.29) is 23.7 Å². The van der Waals surface area contributed by atoms with E-state index in [1.807, 2.05) is 0 Å². The van der Waals surface area contributed by atoms with Crippen molar-refractivity contribution in [1.82, 2.24) is 9.62 Å². The molecule has 1 aliphatic heterocycles. The van der Waals surface area contributed by atoms with Crippen LogP contribution in [0, 0.1) is 0 Å².